The highest BCUT2D eigenvalue weighted by atomic mass is 32.2. The van der Waals surface area contributed by atoms with E-state index in [4.69, 9.17) is 23.7 Å². The molecule has 0 amide bonds. The van der Waals surface area contributed by atoms with Crippen LogP contribution in [0.3, 0.4) is 0 Å². The number of ketones is 9. The Morgan fingerprint density at radius 3 is 1.25 bits per heavy atom. The summed E-state index contributed by atoms with van der Waals surface area (Å²) in [5, 5.41) is 0.435. The van der Waals surface area contributed by atoms with Crippen molar-refractivity contribution >= 4 is 98.7 Å². The number of likely N-dealkylation sites (N-methyl/N-ethyl adjacent to an activating group) is 3. The Kier molecular flexibility index (Phi) is 96.7. The molecule has 0 radical (unpaired) electrons. The zero-order valence-corrected chi connectivity index (χ0v) is 90.5. The molecule has 7 saturated heterocycles. The summed E-state index contributed by atoms with van der Waals surface area (Å²) >= 11 is 5.81. The third-order valence-corrected chi connectivity index (χ3v) is 24.2. The molecular weight excluding hydrogens is 1660 g/mol. The molecule has 127 heavy (non-hydrogen) atoms. The van der Waals surface area contributed by atoms with Gasteiger partial charge >= 0.3 is 0 Å². The molecule has 9 unspecified atom stereocenters. The van der Waals surface area contributed by atoms with E-state index < -0.39 is 0 Å². The smallest absolute Gasteiger partial charge is 0.142 e. The lowest BCUT2D eigenvalue weighted by molar-refractivity contribution is -0.124. The Balaban J connectivity index is -0.000000250. The van der Waals surface area contributed by atoms with Crippen LogP contribution in [0.25, 0.3) is 0 Å². The Hall–Kier alpha value is -4.52. The first-order valence-corrected chi connectivity index (χ1v) is 51.9. The number of aryl methyl sites for hydroxylation is 1. The maximum atomic E-state index is 11.1. The quantitative estimate of drug-likeness (QED) is 0.135. The largest absolute Gasteiger partial charge is 0.489 e. The highest BCUT2D eigenvalue weighted by molar-refractivity contribution is 8.00. The molecule has 0 aromatic heterocycles. The molecule has 0 bridgehead atoms. The number of hydrogen-bond acceptors (Lipinski definition) is 26. The number of rotatable bonds is 18. The summed E-state index contributed by atoms with van der Waals surface area (Å²) in [4.78, 5) is 118. The van der Waals surface area contributed by atoms with Crippen LogP contribution in [0.5, 0.6) is 5.75 Å². The molecule has 23 nitrogen and oxygen atoms in total. The number of anilines is 2. The van der Waals surface area contributed by atoms with Crippen molar-refractivity contribution in [2.45, 2.75) is 356 Å². The summed E-state index contributed by atoms with van der Waals surface area (Å²) in [5.41, 5.74) is 3.75. The fourth-order valence-corrected chi connectivity index (χ4v) is 17.4. The first kappa shape index (κ1) is 136. The van der Waals surface area contributed by atoms with E-state index in [0.29, 0.717) is 137 Å². The van der Waals surface area contributed by atoms with Gasteiger partial charge in [0.25, 0.3) is 0 Å². The van der Waals surface area contributed by atoms with E-state index in [2.05, 4.69) is 104 Å². The molecule has 11 rings (SSSR count). The minimum atomic E-state index is 0.0185. The van der Waals surface area contributed by atoms with Crippen LogP contribution in [0.15, 0.2) is 48.5 Å². The number of nitrogens with zero attached hydrogens (tertiary/aromatic N) is 9. The molecule has 9 atom stereocenters. The van der Waals surface area contributed by atoms with Gasteiger partial charge in [0.2, 0.25) is 0 Å². The molecule has 0 aliphatic carbocycles. The molecule has 0 saturated carbocycles. The average Bonchev–Trinajstić information content (AvgIpc) is 1.27. The summed E-state index contributed by atoms with van der Waals surface area (Å²) in [6, 6.07) is 18.9. The van der Waals surface area contributed by atoms with Crippen LogP contribution in [0, 0.1) is 0 Å². The summed E-state index contributed by atoms with van der Waals surface area (Å²) in [6.45, 7) is 60.9. The molecular formula is C101H195N9O14S3. The van der Waals surface area contributed by atoms with E-state index in [1.807, 2.05) is 212 Å². The summed E-state index contributed by atoms with van der Waals surface area (Å²) in [6.07, 6.45) is 16.2. The minimum absolute atomic E-state index is 0.0185. The van der Waals surface area contributed by atoms with Crippen molar-refractivity contribution in [3.05, 3.63) is 54.1 Å². The number of carbonyl (C=O) groups excluding carboxylic acids is 9. The van der Waals surface area contributed by atoms with Gasteiger partial charge in [-0.2, -0.15) is 11.8 Å². The number of carbonyl (C=O) groups is 9. The monoisotopic (exact) mass is 1850 g/mol. The van der Waals surface area contributed by atoms with Gasteiger partial charge in [0, 0.05) is 164 Å². The lowest BCUT2D eigenvalue weighted by Crippen LogP contribution is -2.41. The lowest BCUT2D eigenvalue weighted by Gasteiger charge is -2.35. The Labute approximate surface area is 792 Å². The van der Waals surface area contributed by atoms with Crippen LogP contribution in [-0.4, -0.2) is 312 Å². The number of hydrogen-bond donors (Lipinski definition) is 0. The van der Waals surface area contributed by atoms with Gasteiger partial charge < -0.3 is 43.3 Å². The highest BCUT2D eigenvalue weighted by Gasteiger charge is 2.29. The zero-order chi connectivity index (χ0) is 99.0. The van der Waals surface area contributed by atoms with Gasteiger partial charge in [-0.25, -0.2) is 0 Å². The molecule has 9 heterocycles. The number of thioether (sulfide) groups is 3. The Morgan fingerprint density at radius 2 is 0.740 bits per heavy atom. The molecule has 26 heteroatoms. The topological polar surface area (TPSA) is 229 Å². The average molecular weight is 1860 g/mol. The molecule has 2 aromatic rings. The number of benzene rings is 2. The van der Waals surface area contributed by atoms with Gasteiger partial charge in [0.15, 0.2) is 0 Å². The normalized spacial score (nSPS) is 21.7. The number of para-hydroxylation sites is 3. The van der Waals surface area contributed by atoms with Gasteiger partial charge in [-0.05, 0) is 218 Å². The van der Waals surface area contributed by atoms with Crippen molar-refractivity contribution in [1.82, 2.24) is 34.3 Å². The third-order valence-electron chi connectivity index (χ3n) is 20.3. The van der Waals surface area contributed by atoms with Gasteiger partial charge in [-0.1, -0.05) is 155 Å². The number of ether oxygens (including phenoxy) is 5. The standard InChI is InChI=1S/C13H17NO.C12H15NO2.2C9H17NO2.2C9H17NOS.C8H15NO2.C7H13NO2.C7H13NOS.9C2H6/c1-10(15)9-12-8-7-11-5-3-4-6-13(11)14(12)2;1-9(14)7-10-8-15-12-6-4-3-5-11(12)13(10)2;1-8(11)6-9-7-12-5-3-4-10(9)2;1-8(11)7-9-10(2)5-3-4-6-12-9;1-8(11)6-9-7-12-5-3-4-10(9)2;1-8(11)7-9-10(2)5-3-4-6-12-9;1-7(10)5-8-3-4-11-6-9(8)2;2*1-6(9)3-7-4-10-5-8(7)2;9*1-2/h3-6,12H,7-9H2,1-2H3;3-6,10H,7-8H2,1-2H3;4*9H,3-7H2,1-2H3;8H,3-6H2,1-2H3;2*7H,3-5H2,1-2H3;9*1-2H3. The Morgan fingerprint density at radius 1 is 0.331 bits per heavy atom. The Bertz CT molecular complexity index is 2770. The van der Waals surface area contributed by atoms with Gasteiger partial charge in [0.1, 0.15) is 70.6 Å². The first-order valence-electron chi connectivity index (χ1n) is 48.5. The maximum Gasteiger partial charge on any atom is 0.142 e. The van der Waals surface area contributed by atoms with Crippen LogP contribution in [0.1, 0.15) is 302 Å². The molecule has 9 aliphatic heterocycles. The second-order valence-electron chi connectivity index (χ2n) is 30.8. The minimum Gasteiger partial charge on any atom is -0.489 e. The number of Topliss-reactive ketones (excluding diaryl/α,β-unsaturated/α-hetero) is 9. The van der Waals surface area contributed by atoms with Crippen LogP contribution >= 0.6 is 35.3 Å². The predicted molar refractivity (Wildman–Crippen MR) is 549 cm³/mol. The van der Waals surface area contributed by atoms with Crippen molar-refractivity contribution < 1.29 is 66.8 Å². The second kappa shape index (κ2) is 90.6. The molecule has 0 N–H and O–H groups in total. The van der Waals surface area contributed by atoms with E-state index in [1.165, 1.54) is 48.4 Å². The van der Waals surface area contributed by atoms with E-state index in [-0.39, 0.29) is 47.0 Å². The summed E-state index contributed by atoms with van der Waals surface area (Å²) in [5.74, 6) is 9.05. The predicted octanol–water partition coefficient (Wildman–Crippen LogP) is 20.3. The highest BCUT2D eigenvalue weighted by Crippen LogP contribution is 2.34. The van der Waals surface area contributed by atoms with Gasteiger partial charge in [-0.15, -0.1) is 23.5 Å². The van der Waals surface area contributed by atoms with Crippen LogP contribution in [-0.2, 0) is 68.5 Å². The first-order chi connectivity index (χ1) is 60.8. The van der Waals surface area contributed by atoms with Crippen LogP contribution in [0.2, 0.25) is 0 Å². The SMILES string of the molecule is CC.CC.CC.CC.CC.CC.CC.CC.CC.CC(=O)CC1CCOCN1C.CC(=O)CC1CCc2ccccc2N1C.CC(=O)CC1COCCCN1C.CC(=O)CC1COCN1C.CC(=O)CC1COc2ccccc2N1C.CC(=O)CC1CSCCCN1C.CC(=O)CC1CSCN1C.CC(=O)CC1OCCCCN1C.CC(=O)CC1SCCCCN1C. The fraction of sp³-hybridized carbons (Fsp3) is 0.792. The van der Waals surface area contributed by atoms with Gasteiger partial charge in [-0.3, -0.25) is 67.7 Å². The molecule has 2 aromatic carbocycles. The summed E-state index contributed by atoms with van der Waals surface area (Å²) < 4.78 is 26.9. The van der Waals surface area contributed by atoms with E-state index in [0.717, 1.165) is 120 Å². The van der Waals surface area contributed by atoms with E-state index >= 15 is 0 Å². The van der Waals surface area contributed by atoms with Crippen molar-refractivity contribution in [3.63, 3.8) is 0 Å². The second-order valence-corrected chi connectivity index (χ2v) is 34.3. The molecule has 9 aliphatic rings. The third kappa shape index (κ3) is 69.0. The fourth-order valence-electron chi connectivity index (χ4n) is 13.6. The molecule has 0 spiro atoms. The zero-order valence-electron chi connectivity index (χ0n) is 88.0. The van der Waals surface area contributed by atoms with Gasteiger partial charge in [0.05, 0.1) is 43.8 Å². The van der Waals surface area contributed by atoms with E-state index in [1.54, 1.807) is 62.3 Å². The molecule has 7 fully saturated rings. The number of fused-ring (bicyclic) bond motifs is 2. The van der Waals surface area contributed by atoms with Crippen molar-refractivity contribution in [1.29, 1.82) is 0 Å². The van der Waals surface area contributed by atoms with Crippen molar-refractivity contribution in [2.75, 3.05) is 181 Å². The van der Waals surface area contributed by atoms with Crippen molar-refractivity contribution in [2.24, 2.45) is 0 Å². The lowest BCUT2D eigenvalue weighted by atomic mass is 9.93. The van der Waals surface area contributed by atoms with Crippen LogP contribution < -0.4 is 14.5 Å². The van der Waals surface area contributed by atoms with Crippen molar-refractivity contribution in [3.8, 4) is 5.75 Å². The molecule has 746 valence electrons. The maximum absolute atomic E-state index is 11.1. The van der Waals surface area contributed by atoms with Crippen LogP contribution in [0.4, 0.5) is 11.4 Å². The summed E-state index contributed by atoms with van der Waals surface area (Å²) in [7, 11) is 18.5. The van der Waals surface area contributed by atoms with E-state index in [9.17, 15) is 43.2 Å².